The third-order valence-electron chi connectivity index (χ3n) is 3.50. The third kappa shape index (κ3) is 5.33. The Kier molecular flexibility index (Phi) is 7.02. The Balaban J connectivity index is 3.41. The molecule has 1 aromatic carbocycles. The van der Waals surface area contributed by atoms with Crippen LogP contribution in [0.25, 0.3) is 0 Å². The molecule has 0 unspecified atom stereocenters. The van der Waals surface area contributed by atoms with Crippen LogP contribution in [0.3, 0.4) is 0 Å². The predicted molar refractivity (Wildman–Crippen MR) is 92.7 cm³/mol. The molecule has 0 aliphatic rings. The number of aryl methyl sites for hydroxylation is 2. The van der Waals surface area contributed by atoms with Crippen LogP contribution >= 0.6 is 7.82 Å². The molecule has 6 nitrogen and oxygen atoms in total. The van der Waals surface area contributed by atoms with E-state index in [1.54, 1.807) is 19.9 Å². The van der Waals surface area contributed by atoms with Crippen LogP contribution in [0.15, 0.2) is 12.1 Å². The first kappa shape index (κ1) is 20.7. The number of carbonyl (C=O) groups is 1. The van der Waals surface area contributed by atoms with Crippen LogP contribution in [0.1, 0.15) is 50.8 Å². The maximum Gasteiger partial charge on any atom is 0.530 e. The Morgan fingerprint density at radius 1 is 1.17 bits per heavy atom. The lowest BCUT2D eigenvalue weighted by atomic mass is 9.78. The van der Waals surface area contributed by atoms with E-state index in [9.17, 15) is 14.5 Å². The van der Waals surface area contributed by atoms with Crippen molar-refractivity contribution in [3.63, 3.8) is 0 Å². The minimum absolute atomic E-state index is 0.0825. The molecule has 0 radical (unpaired) electrons. The number of phosphoric ester groups is 1. The zero-order chi connectivity index (χ0) is 18.5. The number of hydrogen-bond acceptors (Lipinski definition) is 5. The van der Waals surface area contributed by atoms with Gasteiger partial charge in [-0.1, -0.05) is 19.9 Å². The molecule has 0 aliphatic carbocycles. The van der Waals surface area contributed by atoms with Gasteiger partial charge in [-0.3, -0.25) is 13.8 Å². The quantitative estimate of drug-likeness (QED) is 0.649. The topological polar surface area (TPSA) is 82.1 Å². The minimum atomic E-state index is -3.76. The summed E-state index contributed by atoms with van der Waals surface area (Å²) in [5.41, 5.74) is 1.77. The summed E-state index contributed by atoms with van der Waals surface area (Å²) in [6.07, 6.45) is -0.0825. The van der Waals surface area contributed by atoms with E-state index in [0.717, 1.165) is 11.1 Å². The molecule has 7 heteroatoms. The summed E-state index contributed by atoms with van der Waals surface area (Å²) >= 11 is 0. The zero-order valence-corrected chi connectivity index (χ0v) is 16.1. The second-order valence-corrected chi connectivity index (χ2v) is 7.88. The lowest BCUT2D eigenvalue weighted by Crippen LogP contribution is -2.24. The van der Waals surface area contributed by atoms with Crippen LogP contribution in [0, 0.1) is 13.8 Å². The Bertz CT molecular complexity index is 628. The van der Waals surface area contributed by atoms with Crippen LogP contribution in [0.5, 0.6) is 5.75 Å². The van der Waals surface area contributed by atoms with Crippen molar-refractivity contribution in [1.82, 2.24) is 0 Å². The molecular weight excluding hydrogens is 331 g/mol. The van der Waals surface area contributed by atoms with Gasteiger partial charge in [0.1, 0.15) is 5.75 Å². The zero-order valence-electron chi connectivity index (χ0n) is 15.2. The first-order valence-corrected chi connectivity index (χ1v) is 9.43. The maximum absolute atomic E-state index is 12.7. The van der Waals surface area contributed by atoms with Crippen LogP contribution in [0.4, 0.5) is 0 Å². The predicted octanol–water partition coefficient (Wildman–Crippen LogP) is 4.62. The lowest BCUT2D eigenvalue weighted by molar-refractivity contribution is -0.138. The molecule has 0 saturated carbocycles. The highest BCUT2D eigenvalue weighted by Crippen LogP contribution is 2.52. The van der Waals surface area contributed by atoms with Gasteiger partial charge in [0, 0.05) is 11.0 Å². The Morgan fingerprint density at radius 3 is 2.17 bits per heavy atom. The summed E-state index contributed by atoms with van der Waals surface area (Å²) in [5.74, 6) is -0.576. The van der Waals surface area contributed by atoms with Crippen molar-refractivity contribution in [3.05, 3.63) is 28.8 Å². The van der Waals surface area contributed by atoms with Crippen molar-refractivity contribution in [1.29, 1.82) is 0 Å². The van der Waals surface area contributed by atoms with Crippen molar-refractivity contribution in [2.45, 2.75) is 53.4 Å². The van der Waals surface area contributed by atoms with Crippen molar-refractivity contribution in [2.75, 3.05) is 13.2 Å². The molecule has 1 aromatic rings. The highest BCUT2D eigenvalue weighted by molar-refractivity contribution is 7.48. The van der Waals surface area contributed by atoms with Crippen LogP contribution in [-0.4, -0.2) is 24.3 Å². The van der Waals surface area contributed by atoms with Gasteiger partial charge in [0.25, 0.3) is 0 Å². The molecule has 0 aromatic heterocycles. The van der Waals surface area contributed by atoms with E-state index in [1.807, 2.05) is 33.8 Å². The van der Waals surface area contributed by atoms with Gasteiger partial charge in [0.15, 0.2) is 0 Å². The summed E-state index contributed by atoms with van der Waals surface area (Å²) in [4.78, 5) is 11.2. The van der Waals surface area contributed by atoms with Gasteiger partial charge in [-0.2, -0.15) is 0 Å². The van der Waals surface area contributed by atoms with E-state index in [1.165, 1.54) is 0 Å². The van der Waals surface area contributed by atoms with Gasteiger partial charge >= 0.3 is 13.8 Å². The summed E-state index contributed by atoms with van der Waals surface area (Å²) in [7, 11) is -3.76. The highest BCUT2D eigenvalue weighted by atomic mass is 31.2. The molecule has 0 spiro atoms. The van der Waals surface area contributed by atoms with Crippen LogP contribution in [0.2, 0.25) is 0 Å². The molecule has 0 fully saturated rings. The van der Waals surface area contributed by atoms with E-state index < -0.39 is 19.2 Å². The summed E-state index contributed by atoms with van der Waals surface area (Å²) < 4.78 is 28.8. The Morgan fingerprint density at radius 2 is 1.71 bits per heavy atom. The molecule has 1 N–H and O–H groups in total. The summed E-state index contributed by atoms with van der Waals surface area (Å²) in [6.45, 7) is 11.2. The number of benzene rings is 1. The Labute approximate surface area is 143 Å². The summed E-state index contributed by atoms with van der Waals surface area (Å²) in [5, 5.41) is 9.20. The fourth-order valence-corrected chi connectivity index (χ4v) is 4.06. The molecule has 1 rings (SSSR count). The fourth-order valence-electron chi connectivity index (χ4n) is 2.86. The standard InChI is InChI=1S/C17H27O6P/c1-7-21-24(20,22-8-2)23-14-10-12(3)9-13(4)16(14)17(5,6)11-15(18)19/h9-10H,7-8,11H2,1-6H3,(H,18,19). The number of hydrogen-bond donors (Lipinski definition) is 1. The molecule has 24 heavy (non-hydrogen) atoms. The average molecular weight is 358 g/mol. The number of carboxylic acid groups (broad SMARTS) is 1. The number of phosphoric acid groups is 1. The average Bonchev–Trinajstić information content (AvgIpc) is 2.35. The first-order valence-electron chi connectivity index (χ1n) is 7.97. The van der Waals surface area contributed by atoms with Gasteiger partial charge < -0.3 is 9.63 Å². The largest absolute Gasteiger partial charge is 0.530 e. The number of carboxylic acids is 1. The van der Waals surface area contributed by atoms with Crippen LogP contribution in [-0.2, 0) is 23.8 Å². The molecule has 0 amide bonds. The summed E-state index contributed by atoms with van der Waals surface area (Å²) in [6, 6.07) is 3.68. The monoisotopic (exact) mass is 358 g/mol. The molecule has 0 heterocycles. The van der Waals surface area contributed by atoms with Gasteiger partial charge in [0.2, 0.25) is 0 Å². The molecule has 0 atom stereocenters. The van der Waals surface area contributed by atoms with Gasteiger partial charge in [-0.15, -0.1) is 0 Å². The van der Waals surface area contributed by atoms with Gasteiger partial charge in [0.05, 0.1) is 19.6 Å². The van der Waals surface area contributed by atoms with Crippen molar-refractivity contribution >= 4 is 13.8 Å². The first-order chi connectivity index (χ1) is 11.0. The van der Waals surface area contributed by atoms with E-state index in [-0.39, 0.29) is 19.6 Å². The highest BCUT2D eigenvalue weighted by Gasteiger charge is 2.34. The molecular formula is C17H27O6P. The van der Waals surface area contributed by atoms with Gasteiger partial charge in [-0.05, 0) is 44.9 Å². The lowest BCUT2D eigenvalue weighted by Gasteiger charge is -2.29. The second-order valence-electron chi connectivity index (χ2n) is 6.28. The normalized spacial score (nSPS) is 12.2. The van der Waals surface area contributed by atoms with E-state index in [0.29, 0.717) is 11.3 Å². The molecule has 0 bridgehead atoms. The SMILES string of the molecule is CCOP(=O)(OCC)Oc1cc(C)cc(C)c1C(C)(C)CC(=O)O. The smallest absolute Gasteiger partial charge is 0.481 e. The maximum atomic E-state index is 12.7. The van der Waals surface area contributed by atoms with Crippen molar-refractivity contribution in [2.24, 2.45) is 0 Å². The molecule has 0 saturated heterocycles. The van der Waals surface area contributed by atoms with Crippen molar-refractivity contribution in [3.8, 4) is 5.75 Å². The van der Waals surface area contributed by atoms with Crippen molar-refractivity contribution < 1.29 is 28.0 Å². The fraction of sp³-hybridized carbons (Fsp3) is 0.588. The molecule has 0 aliphatic heterocycles. The van der Waals surface area contributed by atoms with Crippen LogP contribution < -0.4 is 4.52 Å². The third-order valence-corrected chi connectivity index (χ3v) is 5.07. The van der Waals surface area contributed by atoms with Gasteiger partial charge in [-0.25, -0.2) is 4.57 Å². The molecule has 136 valence electrons. The van der Waals surface area contributed by atoms with E-state index >= 15 is 0 Å². The van der Waals surface area contributed by atoms with E-state index in [4.69, 9.17) is 13.6 Å². The number of aliphatic carboxylic acids is 1. The minimum Gasteiger partial charge on any atom is -0.481 e. The number of rotatable bonds is 9. The second kappa shape index (κ2) is 8.15. The Hall–Kier alpha value is -1.36. The van der Waals surface area contributed by atoms with E-state index in [2.05, 4.69) is 0 Å².